The van der Waals surface area contributed by atoms with Crippen molar-refractivity contribution < 1.29 is 4.79 Å². The molecular weight excluding hydrogens is 268 g/mol. The minimum absolute atomic E-state index is 0.214. The number of amides is 1. The lowest BCUT2D eigenvalue weighted by Gasteiger charge is -2.31. The van der Waals surface area contributed by atoms with Gasteiger partial charge in [-0.05, 0) is 53.1 Å². The van der Waals surface area contributed by atoms with Gasteiger partial charge in [-0.2, -0.15) is 11.3 Å². The maximum absolute atomic E-state index is 12.2. The molecule has 20 heavy (non-hydrogen) atoms. The van der Waals surface area contributed by atoms with Gasteiger partial charge in [0.25, 0.3) is 0 Å². The molecular formula is C16H28N2OS. The highest BCUT2D eigenvalue weighted by molar-refractivity contribution is 7.07. The first-order valence-electron chi connectivity index (χ1n) is 7.29. The SMILES string of the molecule is CN(Cc1ccsc1)C(=O)CCC(CCN)C(C)(C)C. The summed E-state index contributed by atoms with van der Waals surface area (Å²) in [6.45, 7) is 8.09. The second-order valence-electron chi connectivity index (χ2n) is 6.56. The Morgan fingerprint density at radius 3 is 2.60 bits per heavy atom. The quantitative estimate of drug-likeness (QED) is 0.837. The van der Waals surface area contributed by atoms with E-state index < -0.39 is 0 Å². The molecule has 0 bridgehead atoms. The lowest BCUT2D eigenvalue weighted by molar-refractivity contribution is -0.130. The highest BCUT2D eigenvalue weighted by Crippen LogP contribution is 2.32. The Bertz CT molecular complexity index is 395. The van der Waals surface area contributed by atoms with Crippen molar-refractivity contribution in [2.45, 2.75) is 46.6 Å². The van der Waals surface area contributed by atoms with Crippen LogP contribution in [0.25, 0.3) is 0 Å². The van der Waals surface area contributed by atoms with Crippen LogP contribution < -0.4 is 5.73 Å². The number of thiophene rings is 1. The zero-order valence-corrected chi connectivity index (χ0v) is 14.0. The number of rotatable bonds is 7. The van der Waals surface area contributed by atoms with E-state index in [1.54, 1.807) is 11.3 Å². The third-order valence-electron chi connectivity index (χ3n) is 3.87. The molecule has 1 unspecified atom stereocenters. The zero-order valence-electron chi connectivity index (χ0n) is 13.2. The molecule has 0 aromatic carbocycles. The topological polar surface area (TPSA) is 46.3 Å². The van der Waals surface area contributed by atoms with Crippen LogP contribution >= 0.6 is 11.3 Å². The summed E-state index contributed by atoms with van der Waals surface area (Å²) in [5.41, 5.74) is 7.11. The van der Waals surface area contributed by atoms with Crippen molar-refractivity contribution in [3.05, 3.63) is 22.4 Å². The molecule has 1 aromatic rings. The third kappa shape index (κ3) is 5.63. The zero-order chi connectivity index (χ0) is 15.2. The molecule has 0 aliphatic carbocycles. The summed E-state index contributed by atoms with van der Waals surface area (Å²) in [7, 11) is 1.88. The number of hydrogen-bond acceptors (Lipinski definition) is 3. The summed E-state index contributed by atoms with van der Waals surface area (Å²) in [5, 5.41) is 4.14. The van der Waals surface area contributed by atoms with Gasteiger partial charge in [0.2, 0.25) is 5.91 Å². The number of hydrogen-bond donors (Lipinski definition) is 1. The van der Waals surface area contributed by atoms with Crippen molar-refractivity contribution >= 4 is 17.2 Å². The van der Waals surface area contributed by atoms with Crippen molar-refractivity contribution in [1.29, 1.82) is 0 Å². The van der Waals surface area contributed by atoms with E-state index in [-0.39, 0.29) is 11.3 Å². The van der Waals surface area contributed by atoms with Crippen molar-refractivity contribution in [2.75, 3.05) is 13.6 Å². The van der Waals surface area contributed by atoms with Gasteiger partial charge in [-0.15, -0.1) is 0 Å². The first kappa shape index (κ1) is 17.2. The Kier molecular flexibility index (Phi) is 6.69. The lowest BCUT2D eigenvalue weighted by Crippen LogP contribution is -2.29. The Hall–Kier alpha value is -0.870. The van der Waals surface area contributed by atoms with Crippen LogP contribution in [0, 0.1) is 11.3 Å². The molecule has 0 aliphatic rings. The first-order valence-corrected chi connectivity index (χ1v) is 8.24. The van der Waals surface area contributed by atoms with Gasteiger partial charge in [-0.1, -0.05) is 20.8 Å². The number of nitrogens with two attached hydrogens (primary N) is 1. The average Bonchev–Trinajstić information content (AvgIpc) is 2.85. The summed E-state index contributed by atoms with van der Waals surface area (Å²) in [6, 6.07) is 2.07. The van der Waals surface area contributed by atoms with Crippen molar-refractivity contribution in [2.24, 2.45) is 17.1 Å². The molecule has 0 spiro atoms. The Balaban J connectivity index is 2.44. The molecule has 4 heteroatoms. The van der Waals surface area contributed by atoms with Gasteiger partial charge >= 0.3 is 0 Å². The van der Waals surface area contributed by atoms with Crippen LogP contribution in [0.2, 0.25) is 0 Å². The summed E-state index contributed by atoms with van der Waals surface area (Å²) in [5.74, 6) is 0.730. The Morgan fingerprint density at radius 1 is 1.40 bits per heavy atom. The molecule has 1 rings (SSSR count). The van der Waals surface area contributed by atoms with E-state index in [9.17, 15) is 4.79 Å². The van der Waals surface area contributed by atoms with Gasteiger partial charge in [-0.25, -0.2) is 0 Å². The molecule has 2 N–H and O–H groups in total. The molecule has 1 aromatic heterocycles. The molecule has 1 amide bonds. The normalized spacial score (nSPS) is 13.2. The molecule has 0 saturated heterocycles. The van der Waals surface area contributed by atoms with Gasteiger partial charge in [0.05, 0.1) is 0 Å². The second kappa shape index (κ2) is 7.79. The molecule has 1 atom stereocenters. The maximum Gasteiger partial charge on any atom is 0.222 e. The smallest absolute Gasteiger partial charge is 0.222 e. The minimum Gasteiger partial charge on any atom is -0.341 e. The summed E-state index contributed by atoms with van der Waals surface area (Å²) in [4.78, 5) is 14.0. The van der Waals surface area contributed by atoms with Crippen LogP contribution in [0.1, 0.15) is 45.6 Å². The Morgan fingerprint density at radius 2 is 2.10 bits per heavy atom. The number of nitrogens with zero attached hydrogens (tertiary/aromatic N) is 1. The van der Waals surface area contributed by atoms with Crippen molar-refractivity contribution in [1.82, 2.24) is 4.90 Å². The first-order chi connectivity index (χ1) is 9.34. The Labute approximate surface area is 127 Å². The van der Waals surface area contributed by atoms with E-state index in [4.69, 9.17) is 5.73 Å². The standard InChI is InChI=1S/C16H28N2OS/c1-16(2,3)14(7-9-17)5-6-15(19)18(4)11-13-8-10-20-12-13/h8,10,12,14H,5-7,9,11,17H2,1-4H3. The second-order valence-corrected chi connectivity index (χ2v) is 7.34. The predicted octanol–water partition coefficient (Wildman–Crippen LogP) is 3.50. The molecule has 0 radical (unpaired) electrons. The van der Waals surface area contributed by atoms with E-state index in [0.29, 0.717) is 25.4 Å². The lowest BCUT2D eigenvalue weighted by atomic mass is 9.76. The molecule has 114 valence electrons. The third-order valence-corrected chi connectivity index (χ3v) is 4.60. The number of carbonyl (C=O) groups is 1. The van der Waals surface area contributed by atoms with Gasteiger partial charge in [-0.3, -0.25) is 4.79 Å². The van der Waals surface area contributed by atoms with Crippen LogP contribution in [-0.2, 0) is 11.3 Å². The van der Waals surface area contributed by atoms with Crippen molar-refractivity contribution in [3.63, 3.8) is 0 Å². The van der Waals surface area contributed by atoms with Gasteiger partial charge in [0, 0.05) is 20.0 Å². The van der Waals surface area contributed by atoms with Crippen LogP contribution in [0.3, 0.4) is 0 Å². The molecule has 3 nitrogen and oxygen atoms in total. The van der Waals surface area contributed by atoms with Crippen molar-refractivity contribution in [3.8, 4) is 0 Å². The monoisotopic (exact) mass is 296 g/mol. The van der Waals surface area contributed by atoms with Gasteiger partial charge in [0.1, 0.15) is 0 Å². The summed E-state index contributed by atoms with van der Waals surface area (Å²) in [6.07, 6.45) is 2.53. The molecule has 0 fully saturated rings. The molecule has 0 aliphatic heterocycles. The minimum atomic E-state index is 0.214. The van der Waals surface area contributed by atoms with E-state index in [1.165, 1.54) is 5.56 Å². The fourth-order valence-electron chi connectivity index (χ4n) is 2.44. The van der Waals surface area contributed by atoms with Gasteiger partial charge < -0.3 is 10.6 Å². The van der Waals surface area contributed by atoms with Crippen LogP contribution in [0.5, 0.6) is 0 Å². The fraction of sp³-hybridized carbons (Fsp3) is 0.688. The van der Waals surface area contributed by atoms with E-state index >= 15 is 0 Å². The van der Waals surface area contributed by atoms with Crippen LogP contribution in [-0.4, -0.2) is 24.4 Å². The fourth-order valence-corrected chi connectivity index (χ4v) is 3.10. The number of carbonyl (C=O) groups excluding carboxylic acids is 1. The summed E-state index contributed by atoms with van der Waals surface area (Å²) < 4.78 is 0. The molecule has 1 heterocycles. The van der Waals surface area contributed by atoms with Crippen LogP contribution in [0.15, 0.2) is 16.8 Å². The van der Waals surface area contributed by atoms with E-state index in [0.717, 1.165) is 12.8 Å². The predicted molar refractivity (Wildman–Crippen MR) is 86.6 cm³/mol. The highest BCUT2D eigenvalue weighted by atomic mass is 32.1. The van der Waals surface area contributed by atoms with Crippen LogP contribution in [0.4, 0.5) is 0 Å². The van der Waals surface area contributed by atoms with Gasteiger partial charge in [0.15, 0.2) is 0 Å². The molecule has 0 saturated carbocycles. The largest absolute Gasteiger partial charge is 0.341 e. The van der Waals surface area contributed by atoms with E-state index in [1.807, 2.05) is 17.3 Å². The summed E-state index contributed by atoms with van der Waals surface area (Å²) >= 11 is 1.67. The van der Waals surface area contributed by atoms with E-state index in [2.05, 4.69) is 32.2 Å². The highest BCUT2D eigenvalue weighted by Gasteiger charge is 2.24. The average molecular weight is 296 g/mol. The maximum atomic E-state index is 12.2.